The number of benzene rings is 3. The molecule has 0 aliphatic heterocycles. The van der Waals surface area contributed by atoms with Crippen LogP contribution >= 0.6 is 12.2 Å². The summed E-state index contributed by atoms with van der Waals surface area (Å²) in [6, 6.07) is 20.9. The van der Waals surface area contributed by atoms with Gasteiger partial charge in [0, 0.05) is 16.8 Å². The van der Waals surface area contributed by atoms with Crippen molar-refractivity contribution in [3.63, 3.8) is 0 Å². The Labute approximate surface area is 173 Å². The second-order valence-electron chi connectivity index (χ2n) is 6.79. The van der Waals surface area contributed by atoms with Gasteiger partial charge in [-0.1, -0.05) is 35.9 Å². The van der Waals surface area contributed by atoms with E-state index < -0.39 is 0 Å². The molecule has 3 aromatic carbocycles. The van der Waals surface area contributed by atoms with Gasteiger partial charge < -0.3 is 9.73 Å². The average Bonchev–Trinajstić information content (AvgIpc) is 3.12. The van der Waals surface area contributed by atoms with Crippen molar-refractivity contribution in [2.24, 2.45) is 0 Å². The predicted octanol–water partition coefficient (Wildman–Crippen LogP) is 5.24. The summed E-state index contributed by atoms with van der Waals surface area (Å²) in [5.74, 6) is 0.317. The van der Waals surface area contributed by atoms with E-state index in [0.717, 1.165) is 16.8 Å². The lowest BCUT2D eigenvalue weighted by atomic mass is 10.1. The van der Waals surface area contributed by atoms with Crippen molar-refractivity contribution in [1.29, 1.82) is 0 Å². The smallest absolute Gasteiger partial charge is 0.257 e. The SMILES string of the molecule is Cc1ccc(-c2nc3cc(NC(=S)NC(=O)c4ccccc4C)ccc3o2)cc1. The van der Waals surface area contributed by atoms with Gasteiger partial charge in [-0.15, -0.1) is 0 Å². The number of carbonyl (C=O) groups excluding carboxylic acids is 1. The maximum absolute atomic E-state index is 12.4. The van der Waals surface area contributed by atoms with Gasteiger partial charge in [0.1, 0.15) is 5.52 Å². The molecule has 0 saturated heterocycles. The van der Waals surface area contributed by atoms with Crippen LogP contribution in [0.5, 0.6) is 0 Å². The van der Waals surface area contributed by atoms with Crippen LogP contribution in [0.3, 0.4) is 0 Å². The van der Waals surface area contributed by atoms with Gasteiger partial charge in [0.05, 0.1) is 0 Å². The van der Waals surface area contributed by atoms with Crippen LogP contribution in [0.15, 0.2) is 71.1 Å². The number of rotatable bonds is 3. The van der Waals surface area contributed by atoms with Crippen LogP contribution in [0.2, 0.25) is 0 Å². The van der Waals surface area contributed by atoms with Crippen LogP contribution in [0.1, 0.15) is 21.5 Å². The highest BCUT2D eigenvalue weighted by molar-refractivity contribution is 7.80. The number of fused-ring (bicyclic) bond motifs is 1. The highest BCUT2D eigenvalue weighted by Crippen LogP contribution is 2.26. The van der Waals surface area contributed by atoms with Crippen molar-refractivity contribution in [1.82, 2.24) is 10.3 Å². The minimum atomic E-state index is -0.246. The molecule has 6 heteroatoms. The summed E-state index contributed by atoms with van der Waals surface area (Å²) in [6.45, 7) is 3.92. The zero-order valence-electron chi connectivity index (χ0n) is 16.0. The molecule has 4 aromatic rings. The average molecular weight is 401 g/mol. The first-order valence-electron chi connectivity index (χ1n) is 9.15. The Morgan fingerprint density at radius 2 is 1.76 bits per heavy atom. The quantitative estimate of drug-likeness (QED) is 0.460. The lowest BCUT2D eigenvalue weighted by Gasteiger charge is -2.10. The normalized spacial score (nSPS) is 10.7. The molecule has 0 radical (unpaired) electrons. The predicted molar refractivity (Wildman–Crippen MR) is 119 cm³/mol. The van der Waals surface area contributed by atoms with Crippen LogP contribution in [0.4, 0.5) is 5.69 Å². The highest BCUT2D eigenvalue weighted by Gasteiger charge is 2.12. The Kier molecular flexibility index (Phi) is 5.10. The maximum Gasteiger partial charge on any atom is 0.257 e. The summed E-state index contributed by atoms with van der Waals surface area (Å²) in [7, 11) is 0. The van der Waals surface area contributed by atoms with Crippen LogP contribution in [0, 0.1) is 13.8 Å². The van der Waals surface area contributed by atoms with Gasteiger partial charge in [0.15, 0.2) is 10.7 Å². The topological polar surface area (TPSA) is 67.2 Å². The van der Waals surface area contributed by atoms with Crippen LogP contribution in [-0.4, -0.2) is 16.0 Å². The number of nitrogens with zero attached hydrogens (tertiary/aromatic N) is 1. The van der Waals surface area contributed by atoms with E-state index in [9.17, 15) is 4.79 Å². The number of thiocarbonyl (C=S) groups is 1. The first-order chi connectivity index (χ1) is 14.0. The fourth-order valence-corrected chi connectivity index (χ4v) is 3.20. The number of carbonyl (C=O) groups is 1. The third-order valence-electron chi connectivity index (χ3n) is 4.56. The molecule has 1 aromatic heterocycles. The molecule has 5 nitrogen and oxygen atoms in total. The number of hydrogen-bond donors (Lipinski definition) is 2. The number of aryl methyl sites for hydroxylation is 2. The first kappa shape index (κ1) is 18.8. The second-order valence-corrected chi connectivity index (χ2v) is 7.20. The van der Waals surface area contributed by atoms with E-state index in [1.165, 1.54) is 5.56 Å². The number of nitrogens with one attached hydrogen (secondary N) is 2. The highest BCUT2D eigenvalue weighted by atomic mass is 32.1. The molecule has 1 amide bonds. The summed E-state index contributed by atoms with van der Waals surface area (Å²) in [5, 5.41) is 5.96. The molecule has 4 rings (SSSR count). The number of oxazole rings is 1. The number of aromatic nitrogens is 1. The van der Waals surface area contributed by atoms with Crippen molar-refractivity contribution < 1.29 is 9.21 Å². The van der Waals surface area contributed by atoms with Gasteiger partial charge >= 0.3 is 0 Å². The van der Waals surface area contributed by atoms with Gasteiger partial charge in [0.25, 0.3) is 5.91 Å². The standard InChI is InChI=1S/C23H19N3O2S/c1-14-7-9-16(10-8-14)22-25-19-13-17(11-12-20(19)28-22)24-23(29)26-21(27)18-6-4-3-5-15(18)2/h3-13H,1-2H3,(H2,24,26,27,29). The summed E-state index contributed by atoms with van der Waals surface area (Å²) >= 11 is 5.29. The molecule has 2 N–H and O–H groups in total. The molecule has 0 atom stereocenters. The molecule has 0 spiro atoms. The monoisotopic (exact) mass is 401 g/mol. The largest absolute Gasteiger partial charge is 0.436 e. The molecule has 0 aliphatic rings. The van der Waals surface area contributed by atoms with Gasteiger partial charge in [-0.05, 0) is 68.0 Å². The van der Waals surface area contributed by atoms with Crippen molar-refractivity contribution in [2.75, 3.05) is 5.32 Å². The fraction of sp³-hybridized carbons (Fsp3) is 0.0870. The minimum Gasteiger partial charge on any atom is -0.436 e. The molecule has 0 saturated carbocycles. The van der Waals surface area contributed by atoms with E-state index >= 15 is 0 Å². The van der Waals surface area contributed by atoms with Crippen molar-refractivity contribution in [3.05, 3.63) is 83.4 Å². The third-order valence-corrected chi connectivity index (χ3v) is 4.76. The van der Waals surface area contributed by atoms with E-state index in [4.69, 9.17) is 16.6 Å². The third kappa shape index (κ3) is 4.17. The van der Waals surface area contributed by atoms with E-state index in [0.29, 0.717) is 22.6 Å². The van der Waals surface area contributed by atoms with Crippen molar-refractivity contribution in [3.8, 4) is 11.5 Å². The fourth-order valence-electron chi connectivity index (χ4n) is 2.99. The number of anilines is 1. The maximum atomic E-state index is 12.4. The molecular weight excluding hydrogens is 382 g/mol. The molecule has 0 bridgehead atoms. The van der Waals surface area contributed by atoms with E-state index in [1.54, 1.807) is 6.07 Å². The van der Waals surface area contributed by atoms with E-state index in [2.05, 4.69) is 15.6 Å². The molecule has 0 unspecified atom stereocenters. The van der Waals surface area contributed by atoms with Crippen LogP contribution < -0.4 is 10.6 Å². The molecular formula is C23H19N3O2S. The summed E-state index contributed by atoms with van der Waals surface area (Å²) in [6.07, 6.45) is 0. The zero-order valence-corrected chi connectivity index (χ0v) is 16.8. The first-order valence-corrected chi connectivity index (χ1v) is 9.56. The van der Waals surface area contributed by atoms with Gasteiger partial charge in [-0.3, -0.25) is 10.1 Å². The molecule has 0 aliphatic carbocycles. The van der Waals surface area contributed by atoms with Crippen molar-refractivity contribution in [2.45, 2.75) is 13.8 Å². The molecule has 1 heterocycles. The van der Waals surface area contributed by atoms with Crippen LogP contribution in [0.25, 0.3) is 22.6 Å². The van der Waals surface area contributed by atoms with E-state index in [1.807, 2.05) is 74.5 Å². The Balaban J connectivity index is 1.49. The Morgan fingerprint density at radius 3 is 2.52 bits per heavy atom. The Morgan fingerprint density at radius 1 is 1.00 bits per heavy atom. The number of amides is 1. The second kappa shape index (κ2) is 7.85. The van der Waals surface area contributed by atoms with E-state index in [-0.39, 0.29) is 11.0 Å². The molecule has 29 heavy (non-hydrogen) atoms. The minimum absolute atomic E-state index is 0.222. The van der Waals surface area contributed by atoms with Gasteiger partial charge in [-0.25, -0.2) is 4.98 Å². The van der Waals surface area contributed by atoms with Crippen molar-refractivity contribution >= 4 is 40.0 Å². The Hall–Kier alpha value is -3.51. The molecule has 0 fully saturated rings. The summed E-state index contributed by atoms with van der Waals surface area (Å²) in [4.78, 5) is 17.0. The summed E-state index contributed by atoms with van der Waals surface area (Å²) < 4.78 is 5.85. The number of hydrogen-bond acceptors (Lipinski definition) is 4. The lowest BCUT2D eigenvalue weighted by Crippen LogP contribution is -2.34. The van der Waals surface area contributed by atoms with Gasteiger partial charge in [-0.2, -0.15) is 0 Å². The lowest BCUT2D eigenvalue weighted by molar-refractivity contribution is 0.0977. The van der Waals surface area contributed by atoms with Crippen LogP contribution in [-0.2, 0) is 0 Å². The zero-order chi connectivity index (χ0) is 20.4. The summed E-state index contributed by atoms with van der Waals surface area (Å²) in [5.41, 5.74) is 5.68. The molecule has 144 valence electrons. The van der Waals surface area contributed by atoms with Gasteiger partial charge in [0.2, 0.25) is 5.89 Å². The Bertz CT molecular complexity index is 1210.